The molecule has 2 heteroatoms. The third kappa shape index (κ3) is 7.89. The Morgan fingerprint density at radius 2 is 0.579 bits per heavy atom. The van der Waals surface area contributed by atoms with Gasteiger partial charge in [-0.05, 0) is 123 Å². The maximum Gasteiger partial charge on any atom is 0.0468 e. The maximum atomic E-state index is 2.35. The summed E-state index contributed by atoms with van der Waals surface area (Å²) in [5, 5.41) is 7.34. The van der Waals surface area contributed by atoms with Gasteiger partial charge in [0.2, 0.25) is 0 Å². The Morgan fingerprint density at radius 3 is 1.02 bits per heavy atom. The Morgan fingerprint density at radius 1 is 0.263 bits per heavy atom. The molecule has 9 aromatic carbocycles. The Bertz CT molecular complexity index is 2840. The fourth-order valence-corrected chi connectivity index (χ4v) is 7.47. The highest BCUT2D eigenvalue weighted by Gasteiger charge is 2.15. The van der Waals surface area contributed by atoms with Crippen LogP contribution in [-0.4, -0.2) is 0 Å². The summed E-state index contributed by atoms with van der Waals surface area (Å²) in [6.07, 6.45) is 4.38. The first-order chi connectivity index (χ1) is 28.1. The van der Waals surface area contributed by atoms with E-state index in [1.807, 2.05) is 0 Å². The van der Waals surface area contributed by atoms with E-state index in [0.29, 0.717) is 0 Å². The van der Waals surface area contributed by atoms with Gasteiger partial charge in [-0.25, -0.2) is 0 Å². The summed E-state index contributed by atoms with van der Waals surface area (Å²) >= 11 is 0. The first kappa shape index (κ1) is 35.3. The number of aryl methyl sites for hydroxylation is 1. The minimum atomic E-state index is 1.08. The van der Waals surface area contributed by atoms with E-state index >= 15 is 0 Å². The van der Waals surface area contributed by atoms with E-state index in [0.717, 1.165) is 45.3 Å². The molecule has 0 unspecified atom stereocenters. The van der Waals surface area contributed by atoms with E-state index in [1.54, 1.807) is 0 Å². The van der Waals surface area contributed by atoms with Crippen LogP contribution in [0.4, 0.5) is 34.1 Å². The number of fused-ring (bicyclic) bond motifs is 3. The smallest absolute Gasteiger partial charge is 0.0468 e. The zero-order valence-electron chi connectivity index (χ0n) is 31.9. The average molecular weight is 731 g/mol. The second kappa shape index (κ2) is 16.1. The topological polar surface area (TPSA) is 6.48 Å². The molecule has 272 valence electrons. The summed E-state index contributed by atoms with van der Waals surface area (Å²) in [6.45, 7) is 2.13. The van der Waals surface area contributed by atoms with Gasteiger partial charge in [0, 0.05) is 34.1 Å². The largest absolute Gasteiger partial charge is 0.310 e. The standard InChI is InChI=1S/C55H42N2/c1-41-12-4-2-3-5-19-50(30-20-41)56(53-35-27-44-13-6-9-16-47(44)38-53)51-31-23-42(24-32-51)21-22-43-25-33-52(34-26-43)57(54-36-28-45-14-7-10-17-48(45)39-54)55-37-29-46-15-8-11-18-49(46)40-55/h2-40H,1H3/b3-2?,4-2?,5-3?,12-4?,19-5?,22-21+,30-20?,41-12?,41-20?,50-19?,50-30?. The highest BCUT2D eigenvalue weighted by atomic mass is 15.1. The van der Waals surface area contributed by atoms with Crippen molar-refractivity contribution in [2.75, 3.05) is 9.80 Å². The van der Waals surface area contributed by atoms with Crippen LogP contribution in [0.1, 0.15) is 16.7 Å². The molecule has 0 aliphatic rings. The second-order valence-corrected chi connectivity index (χ2v) is 14.4. The molecule has 57 heavy (non-hydrogen) atoms. The predicted octanol–water partition coefficient (Wildman–Crippen LogP) is 15.7. The van der Waals surface area contributed by atoms with E-state index in [4.69, 9.17) is 0 Å². The van der Waals surface area contributed by atoms with Gasteiger partial charge in [-0.2, -0.15) is 0 Å². The predicted molar refractivity (Wildman–Crippen MR) is 246 cm³/mol. The molecule has 0 aliphatic heterocycles. The number of hydrogen-bond acceptors (Lipinski definition) is 2. The summed E-state index contributed by atoms with van der Waals surface area (Å²) in [7, 11) is 0. The molecule has 2 nitrogen and oxygen atoms in total. The normalized spacial score (nSPS) is 11.2. The monoisotopic (exact) mass is 730 g/mol. The Labute approximate surface area is 335 Å². The molecule has 0 atom stereocenters. The van der Waals surface area contributed by atoms with Crippen molar-refractivity contribution in [1.82, 2.24) is 0 Å². The van der Waals surface area contributed by atoms with Gasteiger partial charge in [-0.1, -0.05) is 169 Å². The van der Waals surface area contributed by atoms with Crippen LogP contribution in [0.3, 0.4) is 0 Å². The number of nitrogens with zero attached hydrogens (tertiary/aromatic N) is 2. The Hall–Kier alpha value is -7.42. The molecule has 0 amide bonds. The second-order valence-electron chi connectivity index (χ2n) is 14.4. The maximum absolute atomic E-state index is 2.35. The molecule has 0 aliphatic carbocycles. The Balaban J connectivity index is 1.02. The Kier molecular flexibility index (Phi) is 9.99. The van der Waals surface area contributed by atoms with Crippen LogP contribution in [0, 0.1) is 6.92 Å². The molecular weight excluding hydrogens is 689 g/mol. The molecule has 0 saturated carbocycles. The molecule has 0 aromatic heterocycles. The molecule has 9 rings (SSSR count). The summed E-state index contributed by atoms with van der Waals surface area (Å²) in [6, 6.07) is 80.4. The molecule has 0 N–H and O–H groups in total. The van der Waals surface area contributed by atoms with Crippen LogP contribution in [0.25, 0.3) is 44.5 Å². The molecule has 0 radical (unpaired) electrons. The van der Waals surface area contributed by atoms with E-state index in [9.17, 15) is 0 Å². The first-order valence-electron chi connectivity index (χ1n) is 19.5. The van der Waals surface area contributed by atoms with Gasteiger partial charge in [-0.3, -0.25) is 0 Å². The van der Waals surface area contributed by atoms with Gasteiger partial charge in [0.25, 0.3) is 0 Å². The number of anilines is 6. The van der Waals surface area contributed by atoms with Crippen molar-refractivity contribution in [2.24, 2.45) is 0 Å². The highest BCUT2D eigenvalue weighted by Crippen LogP contribution is 2.39. The van der Waals surface area contributed by atoms with Gasteiger partial charge in [0.15, 0.2) is 0 Å². The fraction of sp³-hybridized carbons (Fsp3) is 0.0182. The average Bonchev–Trinajstić information content (AvgIpc) is 3.26. The molecule has 0 spiro atoms. The van der Waals surface area contributed by atoms with E-state index in [1.165, 1.54) is 37.9 Å². The number of rotatable bonds is 8. The molecule has 0 heterocycles. The van der Waals surface area contributed by atoms with Gasteiger partial charge < -0.3 is 9.80 Å². The first-order valence-corrected chi connectivity index (χ1v) is 19.5. The van der Waals surface area contributed by atoms with Crippen molar-refractivity contribution in [3.63, 3.8) is 0 Å². The van der Waals surface area contributed by atoms with Gasteiger partial charge in [-0.15, -0.1) is 0 Å². The summed E-state index contributed by atoms with van der Waals surface area (Å²) in [4.78, 5) is 4.68. The zero-order chi connectivity index (χ0) is 38.4. The van der Waals surface area contributed by atoms with E-state index < -0.39 is 0 Å². The lowest BCUT2D eigenvalue weighted by atomic mass is 10.1. The van der Waals surface area contributed by atoms with Crippen LogP contribution in [0.2, 0.25) is 0 Å². The third-order valence-corrected chi connectivity index (χ3v) is 10.5. The SMILES string of the molecule is Cc1ccccccc(N(c2ccc(/C=C/c3ccc(N(c4ccc5ccccc5c4)c4ccc5ccccc5c4)cc3)cc2)c2ccc3ccccc3c2)cc1. The quantitative estimate of drug-likeness (QED) is 0.144. The van der Waals surface area contributed by atoms with Crippen molar-refractivity contribution in [3.8, 4) is 0 Å². The van der Waals surface area contributed by atoms with Crippen molar-refractivity contribution >= 4 is 78.6 Å². The van der Waals surface area contributed by atoms with Crippen LogP contribution in [-0.2, 0) is 0 Å². The highest BCUT2D eigenvalue weighted by molar-refractivity contribution is 5.93. The van der Waals surface area contributed by atoms with Crippen molar-refractivity contribution in [1.29, 1.82) is 0 Å². The van der Waals surface area contributed by atoms with Crippen LogP contribution < -0.4 is 9.80 Å². The van der Waals surface area contributed by atoms with Crippen LogP contribution >= 0.6 is 0 Å². The molecule has 0 fully saturated rings. The third-order valence-electron chi connectivity index (χ3n) is 10.5. The lowest BCUT2D eigenvalue weighted by Crippen LogP contribution is -2.09. The summed E-state index contributed by atoms with van der Waals surface area (Å²) < 4.78 is 0. The van der Waals surface area contributed by atoms with Crippen molar-refractivity contribution in [2.45, 2.75) is 6.92 Å². The summed E-state index contributed by atoms with van der Waals surface area (Å²) in [5.74, 6) is 0. The lowest BCUT2D eigenvalue weighted by Gasteiger charge is -2.26. The molecular formula is C55H42N2. The minimum absolute atomic E-state index is 1.08. The lowest BCUT2D eigenvalue weighted by molar-refractivity contribution is 1.29. The van der Waals surface area contributed by atoms with Crippen LogP contribution in [0.5, 0.6) is 0 Å². The van der Waals surface area contributed by atoms with E-state index in [2.05, 4.69) is 253 Å². The zero-order valence-corrected chi connectivity index (χ0v) is 31.9. The molecule has 0 saturated heterocycles. The van der Waals surface area contributed by atoms with E-state index in [-0.39, 0.29) is 0 Å². The van der Waals surface area contributed by atoms with Gasteiger partial charge in [0.05, 0.1) is 0 Å². The van der Waals surface area contributed by atoms with Crippen LogP contribution in [0.15, 0.2) is 224 Å². The van der Waals surface area contributed by atoms with Crippen molar-refractivity contribution in [3.05, 3.63) is 241 Å². The molecule has 0 bridgehead atoms. The minimum Gasteiger partial charge on any atom is -0.310 e. The van der Waals surface area contributed by atoms with Gasteiger partial charge in [0.1, 0.15) is 0 Å². The fourth-order valence-electron chi connectivity index (χ4n) is 7.47. The van der Waals surface area contributed by atoms with Gasteiger partial charge >= 0.3 is 0 Å². The van der Waals surface area contributed by atoms with Crippen molar-refractivity contribution < 1.29 is 0 Å². The molecule has 9 aromatic rings. The summed E-state index contributed by atoms with van der Waals surface area (Å²) in [5.41, 5.74) is 10.1. The number of hydrogen-bond donors (Lipinski definition) is 0. The number of benzene rings is 8.